The third-order valence-corrected chi connectivity index (χ3v) is 19.9. The summed E-state index contributed by atoms with van der Waals surface area (Å²) in [5, 5.41) is 0. The molecule has 0 aromatic rings. The summed E-state index contributed by atoms with van der Waals surface area (Å²) in [5.74, 6) is -13.0. The first-order valence-corrected chi connectivity index (χ1v) is 32.1. The molecule has 0 spiro atoms. The lowest BCUT2D eigenvalue weighted by Gasteiger charge is -2.47. The van der Waals surface area contributed by atoms with Gasteiger partial charge in [0.2, 0.25) is 0 Å². The van der Waals surface area contributed by atoms with E-state index in [4.69, 9.17) is 66.3 Å². The number of rotatable bonds is 40. The van der Waals surface area contributed by atoms with Crippen LogP contribution in [0, 0.1) is 75.8 Å². The van der Waals surface area contributed by atoms with Gasteiger partial charge in [-0.2, -0.15) is 0 Å². The zero-order valence-electron chi connectivity index (χ0n) is 64.6. The van der Waals surface area contributed by atoms with Gasteiger partial charge in [0, 0.05) is 0 Å². The first-order valence-electron chi connectivity index (χ1n) is 32.1. The molecule has 0 saturated heterocycles. The van der Waals surface area contributed by atoms with Gasteiger partial charge in [0.15, 0.2) is 0 Å². The first kappa shape index (κ1) is 91.6. The van der Waals surface area contributed by atoms with E-state index in [1.54, 1.807) is 0 Å². The molecule has 0 amide bonds. The molecule has 0 rings (SSSR count). The van der Waals surface area contributed by atoms with E-state index < -0.39 is 230 Å². The van der Waals surface area contributed by atoms with Crippen molar-refractivity contribution in [3.8, 4) is 0 Å². The van der Waals surface area contributed by atoms with Gasteiger partial charge in [-0.1, -0.05) is 0 Å². The van der Waals surface area contributed by atoms with Gasteiger partial charge in [-0.3, -0.25) is 67.1 Å². The van der Waals surface area contributed by atoms with E-state index in [1.807, 2.05) is 0 Å². The van der Waals surface area contributed by atoms with Gasteiger partial charge < -0.3 is 66.3 Å². The van der Waals surface area contributed by atoms with Crippen LogP contribution >= 0.6 is 0 Å². The van der Waals surface area contributed by atoms with Crippen LogP contribution < -0.4 is 0 Å². The zero-order chi connectivity index (χ0) is 78.2. The Hall–Kier alpha value is -7.42. The van der Waals surface area contributed by atoms with E-state index in [2.05, 4.69) is 0 Å². The van der Waals surface area contributed by atoms with Gasteiger partial charge in [-0.05, 0) is 194 Å². The summed E-state index contributed by atoms with van der Waals surface area (Å²) in [7, 11) is 15.1. The summed E-state index contributed by atoms with van der Waals surface area (Å²) >= 11 is 0. The van der Waals surface area contributed by atoms with Gasteiger partial charge >= 0.3 is 83.6 Å². The number of carbonyl (C=O) groups excluding carboxylic acids is 14. The van der Waals surface area contributed by atoms with Crippen molar-refractivity contribution in [1.82, 2.24) is 0 Å². The highest BCUT2D eigenvalue weighted by Gasteiger charge is 2.63. The van der Waals surface area contributed by atoms with Crippen molar-refractivity contribution in [2.24, 2.45) is 75.8 Å². The summed E-state index contributed by atoms with van der Waals surface area (Å²) in [4.78, 5) is 200. The highest BCUT2D eigenvalue weighted by Crippen LogP contribution is 2.59. The summed E-state index contributed by atoms with van der Waals surface area (Å²) in [5.41, 5.74) is -25.9. The van der Waals surface area contributed by atoms with Crippen molar-refractivity contribution in [3.63, 3.8) is 0 Å². The Bertz CT molecular complexity index is 2790. The molecular formula is C71H116O28. The highest BCUT2D eigenvalue weighted by molar-refractivity contribution is 5.89. The number of methoxy groups -OCH3 is 14. The Morgan fingerprint density at radius 1 is 0.141 bits per heavy atom. The summed E-state index contributed by atoms with van der Waals surface area (Å²) in [6.07, 6.45) is -6.77. The Morgan fingerprint density at radius 2 is 0.212 bits per heavy atom. The molecule has 0 N–H and O–H groups in total. The minimum Gasteiger partial charge on any atom is -0.469 e. The minimum atomic E-state index is -2.07. The molecule has 568 valence electrons. The molecule has 99 heavy (non-hydrogen) atoms. The first-order chi connectivity index (χ1) is 44.9. The van der Waals surface area contributed by atoms with Gasteiger partial charge in [-0.25, -0.2) is 0 Å². The fraction of sp³-hybridized carbons (Fsp3) is 0.803. The Labute approximate surface area is 584 Å². The molecule has 0 aliphatic carbocycles. The Kier molecular flexibility index (Phi) is 31.7. The van der Waals surface area contributed by atoms with Gasteiger partial charge in [0.05, 0.1) is 175 Å². The molecule has 0 aliphatic rings. The predicted octanol–water partition coefficient (Wildman–Crippen LogP) is 8.61. The average molecular weight is 1420 g/mol. The standard InChI is InChI=1S/C71H116O28/c1-58(2,44(72)86-17)31-60(5,46(74)88-19)33-62(7,48(76)90-21)35-64(9,50(78)92-23)37-66(11,52(80)94-25)39-68(13,54(82)96-27)41-70(15,56(84)98-29)43-71(16,57(85)99-30)42-69(14,55(83)97-28)40-67(12,53(81)95-26)38-65(10,51(79)93-24)36-63(8,49(77)91-22)34-61(6,47(75)89-20)32-59(3,4)45(73)87-18/h31-43H2,1-30H3. The van der Waals surface area contributed by atoms with Crippen LogP contribution in [0.4, 0.5) is 0 Å². The van der Waals surface area contributed by atoms with Crippen molar-refractivity contribution in [2.75, 3.05) is 99.5 Å². The molecule has 12 unspecified atom stereocenters. The number of hydrogen-bond donors (Lipinski definition) is 0. The van der Waals surface area contributed by atoms with E-state index in [9.17, 15) is 67.1 Å². The van der Waals surface area contributed by atoms with Crippen LogP contribution in [0.3, 0.4) is 0 Å². The lowest BCUT2D eigenvalue weighted by molar-refractivity contribution is -0.175. The van der Waals surface area contributed by atoms with E-state index in [0.29, 0.717) is 0 Å². The number of hydrogen-bond acceptors (Lipinski definition) is 28. The van der Waals surface area contributed by atoms with E-state index in [-0.39, 0.29) is 12.8 Å². The molecule has 0 bridgehead atoms. The molecule has 12 atom stereocenters. The van der Waals surface area contributed by atoms with Crippen LogP contribution in [-0.4, -0.2) is 183 Å². The Morgan fingerprint density at radius 3 is 0.283 bits per heavy atom. The second-order valence-corrected chi connectivity index (χ2v) is 31.7. The van der Waals surface area contributed by atoms with E-state index in [1.165, 1.54) is 125 Å². The zero-order valence-corrected chi connectivity index (χ0v) is 64.6. The van der Waals surface area contributed by atoms with Crippen LogP contribution in [0.15, 0.2) is 0 Å². The molecule has 0 aromatic carbocycles. The summed E-state index contributed by atoms with van der Waals surface area (Å²) in [6.45, 7) is 22.9. The largest absolute Gasteiger partial charge is 0.469 e. The number of ether oxygens (including phenoxy) is 14. The van der Waals surface area contributed by atoms with Crippen LogP contribution in [0.5, 0.6) is 0 Å². The molecular weight excluding hydrogens is 1300 g/mol. The molecule has 0 saturated carbocycles. The van der Waals surface area contributed by atoms with Gasteiger partial charge in [-0.15, -0.1) is 0 Å². The fourth-order valence-corrected chi connectivity index (χ4v) is 17.6. The van der Waals surface area contributed by atoms with Crippen molar-refractivity contribution in [2.45, 2.75) is 194 Å². The summed E-state index contributed by atoms with van der Waals surface area (Å²) < 4.78 is 74.6. The molecule has 0 radical (unpaired) electrons. The number of esters is 14. The maximum atomic E-state index is 14.8. The van der Waals surface area contributed by atoms with Crippen LogP contribution in [0.2, 0.25) is 0 Å². The van der Waals surface area contributed by atoms with Crippen molar-refractivity contribution < 1.29 is 133 Å². The van der Waals surface area contributed by atoms with E-state index in [0.717, 1.165) is 85.3 Å². The quantitative estimate of drug-likeness (QED) is 0.0409. The number of carbonyl (C=O) groups is 14. The second kappa shape index (κ2) is 34.3. The SMILES string of the molecule is COC(=O)C(C)(C)CC(C)(CC(C)(CC(C)(CC(C)(CC(C)(CC(C)(CC(C)(CC(C)(CC(C)(CC(C)(CC(C)(CC(C)(CC(C)(C)C(=O)OC)C(=O)OC)C(=O)OC)C(=O)OC)C(=O)OC)C(=O)OC)C(=O)OC)C(=O)OC)C(=O)OC)C(=O)OC)C(=O)OC)C(=O)OC)C(=O)OC. The van der Waals surface area contributed by atoms with Crippen molar-refractivity contribution >= 4 is 83.6 Å². The molecule has 28 heteroatoms. The lowest BCUT2D eigenvalue weighted by atomic mass is 9.55. The third kappa shape index (κ3) is 21.3. The fourth-order valence-electron chi connectivity index (χ4n) is 17.6. The maximum Gasteiger partial charge on any atom is 0.311 e. The van der Waals surface area contributed by atoms with Crippen molar-refractivity contribution in [3.05, 3.63) is 0 Å². The maximum absolute atomic E-state index is 14.8. The average Bonchev–Trinajstić information content (AvgIpc) is 0.757. The molecule has 0 fully saturated rings. The molecule has 28 nitrogen and oxygen atoms in total. The monoisotopic (exact) mass is 1420 g/mol. The predicted molar refractivity (Wildman–Crippen MR) is 353 cm³/mol. The smallest absolute Gasteiger partial charge is 0.311 e. The van der Waals surface area contributed by atoms with Crippen molar-refractivity contribution in [1.29, 1.82) is 0 Å². The van der Waals surface area contributed by atoms with Crippen LogP contribution in [-0.2, 0) is 133 Å². The molecule has 0 heterocycles. The second-order valence-electron chi connectivity index (χ2n) is 31.7. The van der Waals surface area contributed by atoms with Crippen LogP contribution in [0.1, 0.15) is 194 Å². The summed E-state index contributed by atoms with van der Waals surface area (Å²) in [6, 6.07) is 0. The topological polar surface area (TPSA) is 368 Å². The Balaban J connectivity index is 8.83. The minimum absolute atomic E-state index is 0.235. The van der Waals surface area contributed by atoms with Crippen LogP contribution in [0.25, 0.3) is 0 Å². The lowest BCUT2D eigenvalue weighted by Crippen LogP contribution is -2.51. The highest BCUT2D eigenvalue weighted by atomic mass is 16.6. The third-order valence-electron chi connectivity index (χ3n) is 19.9. The van der Waals surface area contributed by atoms with Gasteiger partial charge in [0.1, 0.15) is 0 Å². The molecule has 0 aromatic heterocycles. The van der Waals surface area contributed by atoms with Gasteiger partial charge in [0.25, 0.3) is 0 Å². The normalized spacial score (nSPS) is 19.1. The van der Waals surface area contributed by atoms with E-state index >= 15 is 0 Å². The molecule has 0 aliphatic heterocycles.